The molecule has 3 rings (SSSR count). The van der Waals surface area contributed by atoms with E-state index in [1.54, 1.807) is 24.3 Å². The molecule has 0 aliphatic rings. The van der Waals surface area contributed by atoms with E-state index in [-0.39, 0.29) is 46.1 Å². The summed E-state index contributed by atoms with van der Waals surface area (Å²) in [6.07, 6.45) is 1.25. The number of hydrogen-bond donors (Lipinski definition) is 1. The first-order valence-electron chi connectivity index (χ1n) is 11.2. The van der Waals surface area contributed by atoms with E-state index in [9.17, 15) is 18.0 Å². The molecule has 190 valence electrons. The Morgan fingerprint density at radius 3 is 2.39 bits per heavy atom. The van der Waals surface area contributed by atoms with Crippen molar-refractivity contribution in [3.8, 4) is 0 Å². The largest absolute Gasteiger partial charge is 0.297 e. The fraction of sp³-hybridized carbons (Fsp3) is 0.231. The van der Waals surface area contributed by atoms with E-state index in [4.69, 9.17) is 28.0 Å². The molecule has 1 amide bonds. The van der Waals surface area contributed by atoms with Crippen LogP contribution in [0.1, 0.15) is 24.0 Å². The summed E-state index contributed by atoms with van der Waals surface area (Å²) in [5.74, 6) is -0.522. The van der Waals surface area contributed by atoms with Gasteiger partial charge in [0.2, 0.25) is 5.91 Å². The quantitative estimate of drug-likeness (QED) is 0.321. The number of hydroxylamine groups is 1. The van der Waals surface area contributed by atoms with Gasteiger partial charge in [0, 0.05) is 19.9 Å². The number of carbonyl (C=O) groups is 2. The van der Waals surface area contributed by atoms with Crippen LogP contribution in [0.4, 0.5) is 5.69 Å². The second kappa shape index (κ2) is 12.9. The third-order valence-electron chi connectivity index (χ3n) is 5.40. The maximum atomic E-state index is 13.2. The number of nitrogens with one attached hydrogen (secondary N) is 1. The number of nitrogens with zero attached hydrogens (tertiary/aromatic N) is 1. The summed E-state index contributed by atoms with van der Waals surface area (Å²) in [4.78, 5) is 29.1. The highest BCUT2D eigenvalue weighted by atomic mass is 35.5. The first kappa shape index (κ1) is 27.7. The van der Waals surface area contributed by atoms with Gasteiger partial charge in [-0.25, -0.2) is 13.9 Å². The molecule has 0 unspecified atom stereocenters. The number of aryl methyl sites for hydroxylation is 1. The summed E-state index contributed by atoms with van der Waals surface area (Å²) in [6, 6.07) is 20.7. The van der Waals surface area contributed by atoms with Gasteiger partial charge >= 0.3 is 0 Å². The van der Waals surface area contributed by atoms with Gasteiger partial charge in [-0.15, -0.1) is 0 Å². The summed E-state index contributed by atoms with van der Waals surface area (Å²) >= 11 is 12.2. The molecule has 0 aliphatic carbocycles. The minimum atomic E-state index is -3.97. The summed E-state index contributed by atoms with van der Waals surface area (Å²) in [7, 11) is -2.52. The number of para-hydroxylation sites is 1. The molecule has 1 N–H and O–H groups in total. The first-order valence-corrected chi connectivity index (χ1v) is 13.4. The molecule has 3 aromatic carbocycles. The highest BCUT2D eigenvalue weighted by molar-refractivity contribution is 7.93. The minimum absolute atomic E-state index is 0.0394. The molecule has 0 radical (unpaired) electrons. The van der Waals surface area contributed by atoms with Crippen LogP contribution < -0.4 is 9.79 Å². The zero-order valence-electron chi connectivity index (χ0n) is 19.6. The van der Waals surface area contributed by atoms with Crippen molar-refractivity contribution in [2.75, 3.05) is 18.0 Å². The van der Waals surface area contributed by atoms with E-state index >= 15 is 0 Å². The molecular weight excluding hydrogens is 523 g/mol. The zero-order chi connectivity index (χ0) is 26.1. The fourth-order valence-electron chi connectivity index (χ4n) is 3.55. The molecule has 0 heterocycles. The van der Waals surface area contributed by atoms with E-state index < -0.39 is 10.0 Å². The van der Waals surface area contributed by atoms with Gasteiger partial charge in [0.25, 0.3) is 10.0 Å². The number of sulfonamides is 1. The number of ketones is 1. The van der Waals surface area contributed by atoms with Crippen LogP contribution in [0.5, 0.6) is 0 Å². The monoisotopic (exact) mass is 548 g/mol. The summed E-state index contributed by atoms with van der Waals surface area (Å²) in [6.45, 7) is -0.224. The Morgan fingerprint density at radius 2 is 1.64 bits per heavy atom. The number of carbonyl (C=O) groups excluding carboxylic acids is 2. The Labute approximate surface area is 221 Å². The number of halogens is 2. The summed E-state index contributed by atoms with van der Waals surface area (Å²) in [5, 5.41) is 0.108. The molecule has 0 fully saturated rings. The highest BCUT2D eigenvalue weighted by Crippen LogP contribution is 2.33. The van der Waals surface area contributed by atoms with E-state index in [1.165, 1.54) is 25.2 Å². The molecule has 0 bridgehead atoms. The molecule has 0 spiro atoms. The van der Waals surface area contributed by atoms with E-state index in [0.29, 0.717) is 18.5 Å². The average molecular weight is 549 g/mol. The van der Waals surface area contributed by atoms with Crippen molar-refractivity contribution in [2.24, 2.45) is 0 Å². The van der Waals surface area contributed by atoms with Gasteiger partial charge in [-0.3, -0.25) is 18.7 Å². The van der Waals surface area contributed by atoms with Gasteiger partial charge in [-0.1, -0.05) is 77.8 Å². The third kappa shape index (κ3) is 7.30. The van der Waals surface area contributed by atoms with E-state index in [0.717, 1.165) is 15.4 Å². The van der Waals surface area contributed by atoms with Crippen LogP contribution in [-0.2, 0) is 37.3 Å². The molecule has 0 saturated carbocycles. The van der Waals surface area contributed by atoms with Crippen molar-refractivity contribution >= 4 is 50.6 Å². The lowest BCUT2D eigenvalue weighted by molar-refractivity contribution is -0.138. The SMILES string of the molecule is CN(c1ccccc1CCCC(=O)NOCC(=O)Cc1ccccc1)S(=O)(=O)c1cccc(Cl)c1Cl. The molecule has 0 atom stereocenters. The van der Waals surface area contributed by atoms with E-state index in [1.807, 2.05) is 30.3 Å². The Kier molecular flexibility index (Phi) is 9.89. The van der Waals surface area contributed by atoms with Crippen LogP contribution in [-0.4, -0.2) is 33.8 Å². The second-order valence-electron chi connectivity index (χ2n) is 8.02. The van der Waals surface area contributed by atoms with Crippen molar-refractivity contribution in [3.63, 3.8) is 0 Å². The van der Waals surface area contributed by atoms with Crippen LogP contribution in [0.25, 0.3) is 0 Å². The number of rotatable bonds is 12. The average Bonchev–Trinajstić information content (AvgIpc) is 2.86. The molecule has 3 aromatic rings. The lowest BCUT2D eigenvalue weighted by Crippen LogP contribution is -2.28. The molecular formula is C26H26Cl2N2O5S. The molecule has 7 nitrogen and oxygen atoms in total. The topological polar surface area (TPSA) is 92.8 Å². The van der Waals surface area contributed by atoms with Crippen LogP contribution in [0.2, 0.25) is 10.0 Å². The fourth-order valence-corrected chi connectivity index (χ4v) is 5.52. The maximum absolute atomic E-state index is 13.2. The number of anilines is 1. The number of benzene rings is 3. The maximum Gasteiger partial charge on any atom is 0.265 e. The normalized spacial score (nSPS) is 11.2. The van der Waals surface area contributed by atoms with Gasteiger partial charge in [0.15, 0.2) is 5.78 Å². The Bertz CT molecular complexity index is 1320. The number of amides is 1. The number of hydrogen-bond acceptors (Lipinski definition) is 5. The molecule has 0 aromatic heterocycles. The van der Waals surface area contributed by atoms with Crippen molar-refractivity contribution in [2.45, 2.75) is 30.6 Å². The van der Waals surface area contributed by atoms with Gasteiger partial charge in [0.1, 0.15) is 11.5 Å². The lowest BCUT2D eigenvalue weighted by Gasteiger charge is -2.23. The molecule has 36 heavy (non-hydrogen) atoms. The summed E-state index contributed by atoms with van der Waals surface area (Å²) < 4.78 is 27.6. The van der Waals surface area contributed by atoms with Crippen molar-refractivity contribution in [1.82, 2.24) is 5.48 Å². The van der Waals surface area contributed by atoms with Crippen molar-refractivity contribution < 1.29 is 22.8 Å². The first-order chi connectivity index (χ1) is 17.2. The van der Waals surface area contributed by atoms with Gasteiger partial charge in [-0.05, 0) is 42.2 Å². The van der Waals surface area contributed by atoms with Gasteiger partial charge in [-0.2, -0.15) is 0 Å². The zero-order valence-corrected chi connectivity index (χ0v) is 21.9. The predicted molar refractivity (Wildman–Crippen MR) is 141 cm³/mol. The summed E-state index contributed by atoms with van der Waals surface area (Å²) in [5.41, 5.74) is 4.38. The van der Waals surface area contributed by atoms with Crippen molar-refractivity contribution in [3.05, 3.63) is 94.0 Å². The Hall–Kier alpha value is -2.91. The van der Waals surface area contributed by atoms with Crippen LogP contribution in [0.3, 0.4) is 0 Å². The highest BCUT2D eigenvalue weighted by Gasteiger charge is 2.26. The Balaban J connectivity index is 1.53. The smallest absolute Gasteiger partial charge is 0.265 e. The Morgan fingerprint density at radius 1 is 0.944 bits per heavy atom. The molecule has 10 heteroatoms. The number of Topliss-reactive ketones (excluding diaryl/α,β-unsaturated/α-hetero) is 1. The van der Waals surface area contributed by atoms with Gasteiger partial charge in [0.05, 0.1) is 15.7 Å². The molecule has 0 saturated heterocycles. The van der Waals surface area contributed by atoms with E-state index in [2.05, 4.69) is 5.48 Å². The van der Waals surface area contributed by atoms with Gasteiger partial charge < -0.3 is 0 Å². The minimum Gasteiger partial charge on any atom is -0.297 e. The van der Waals surface area contributed by atoms with Crippen LogP contribution in [0.15, 0.2) is 77.7 Å². The third-order valence-corrected chi connectivity index (χ3v) is 8.14. The molecule has 0 aliphatic heterocycles. The predicted octanol–water partition coefficient (Wildman–Crippen LogP) is 5.00. The van der Waals surface area contributed by atoms with Crippen LogP contribution >= 0.6 is 23.2 Å². The van der Waals surface area contributed by atoms with Crippen LogP contribution in [0, 0.1) is 0 Å². The second-order valence-corrected chi connectivity index (χ2v) is 10.7. The van der Waals surface area contributed by atoms with Crippen molar-refractivity contribution in [1.29, 1.82) is 0 Å². The standard InChI is InChI=1S/C26H26Cl2N2O5S/c1-30(36(33,34)24-15-8-13-22(27)26(24)28)23-14-6-5-11-20(23)12-7-16-25(32)29-35-18-21(31)17-19-9-3-2-4-10-19/h2-6,8-11,13-15H,7,12,16-18H2,1H3,(H,29,32). The lowest BCUT2D eigenvalue weighted by atomic mass is 10.1.